The monoisotopic (exact) mass is 452 g/mol. The number of carbonyl (C=O) groups is 4. The normalized spacial score (nSPS) is 11.4. The number of para-hydroxylation sites is 2. The largest absolute Gasteiger partial charge is 0.465 e. The second-order valence-electron chi connectivity index (χ2n) is 6.69. The third-order valence-electron chi connectivity index (χ3n) is 4.44. The quantitative estimate of drug-likeness (QED) is 0.178. The molecule has 0 radical (unpaired) electrons. The van der Waals surface area contributed by atoms with E-state index < -0.39 is 23.5 Å². The van der Waals surface area contributed by atoms with Crippen molar-refractivity contribution in [2.75, 3.05) is 21.0 Å². The Morgan fingerprint density at radius 2 is 1.03 bits per heavy atom. The molecule has 2 aromatic carbocycles. The van der Waals surface area contributed by atoms with Crippen LogP contribution in [0.3, 0.4) is 0 Å². The summed E-state index contributed by atoms with van der Waals surface area (Å²) in [7, 11) is 2.39. The van der Waals surface area contributed by atoms with E-state index in [1.165, 1.54) is 40.2 Å². The molecule has 8 nitrogen and oxygen atoms in total. The zero-order valence-electron chi connectivity index (χ0n) is 18.7. The summed E-state index contributed by atoms with van der Waals surface area (Å²) < 4.78 is 20.7. The minimum absolute atomic E-state index is 0.121. The lowest BCUT2D eigenvalue weighted by molar-refractivity contribution is -0.138. The van der Waals surface area contributed by atoms with E-state index in [1.807, 2.05) is 0 Å². The lowest BCUT2D eigenvalue weighted by Crippen LogP contribution is -2.12. The van der Waals surface area contributed by atoms with Gasteiger partial charge >= 0.3 is 11.9 Å². The van der Waals surface area contributed by atoms with Crippen LogP contribution in [-0.4, -0.2) is 44.5 Å². The molecule has 0 saturated heterocycles. The molecule has 0 bridgehead atoms. The first kappa shape index (κ1) is 25.1. The fraction of sp³-hybridized carbons (Fsp3) is 0.200. The number of methoxy groups -OCH3 is 2. The molecule has 0 N–H and O–H groups in total. The van der Waals surface area contributed by atoms with Crippen LogP contribution in [-0.2, 0) is 28.7 Å². The molecule has 0 aliphatic rings. The van der Waals surface area contributed by atoms with Gasteiger partial charge in [0, 0.05) is 11.1 Å². The number of benzene rings is 2. The van der Waals surface area contributed by atoms with Gasteiger partial charge in [0.25, 0.3) is 0 Å². The van der Waals surface area contributed by atoms with Crippen LogP contribution in [0.5, 0.6) is 11.5 Å². The fourth-order valence-corrected chi connectivity index (χ4v) is 2.76. The molecule has 33 heavy (non-hydrogen) atoms. The summed E-state index contributed by atoms with van der Waals surface area (Å²) in [6, 6.07) is 13.6. The highest BCUT2D eigenvalue weighted by Crippen LogP contribution is 2.24. The first-order valence-corrected chi connectivity index (χ1v) is 9.84. The maximum Gasteiger partial charge on any atom is 0.341 e. The Morgan fingerprint density at radius 3 is 1.36 bits per heavy atom. The molecule has 2 rings (SSSR count). The van der Waals surface area contributed by atoms with Gasteiger partial charge in [-0.1, -0.05) is 36.4 Å². The number of Topliss-reactive ketones (excluding diaryl/α,β-unsaturated/α-hetero) is 2. The zero-order chi connectivity index (χ0) is 24.4. The van der Waals surface area contributed by atoms with Crippen molar-refractivity contribution in [2.45, 2.75) is 13.8 Å². The highest BCUT2D eigenvalue weighted by molar-refractivity contribution is 6.20. The number of hydrogen-bond acceptors (Lipinski definition) is 8. The van der Waals surface area contributed by atoms with Gasteiger partial charge in [0.1, 0.15) is 22.6 Å². The molecule has 8 heteroatoms. The van der Waals surface area contributed by atoms with E-state index in [0.29, 0.717) is 22.6 Å². The van der Waals surface area contributed by atoms with Gasteiger partial charge < -0.3 is 18.9 Å². The van der Waals surface area contributed by atoms with E-state index in [9.17, 15) is 19.2 Å². The Labute approximate surface area is 191 Å². The molecule has 0 fully saturated rings. The number of ketones is 2. The van der Waals surface area contributed by atoms with Crippen molar-refractivity contribution in [3.8, 4) is 11.5 Å². The van der Waals surface area contributed by atoms with Crippen molar-refractivity contribution < 1.29 is 38.1 Å². The van der Waals surface area contributed by atoms with E-state index in [4.69, 9.17) is 9.47 Å². The van der Waals surface area contributed by atoms with E-state index >= 15 is 0 Å². The summed E-state index contributed by atoms with van der Waals surface area (Å²) in [6.45, 7) is 2.31. The van der Waals surface area contributed by atoms with Gasteiger partial charge in [-0.25, -0.2) is 9.59 Å². The van der Waals surface area contributed by atoms with Gasteiger partial charge in [-0.2, -0.15) is 0 Å². The van der Waals surface area contributed by atoms with E-state index in [2.05, 4.69) is 9.47 Å². The summed E-state index contributed by atoms with van der Waals surface area (Å²) in [5.74, 6) is -1.65. The zero-order valence-corrected chi connectivity index (χ0v) is 18.7. The molecule has 0 aliphatic carbocycles. The van der Waals surface area contributed by atoms with Crippen molar-refractivity contribution >= 4 is 35.7 Å². The molecule has 172 valence electrons. The van der Waals surface area contributed by atoms with Crippen molar-refractivity contribution in [3.63, 3.8) is 0 Å². The second kappa shape index (κ2) is 12.0. The Hall–Kier alpha value is -4.20. The van der Waals surface area contributed by atoms with Crippen LogP contribution in [0.4, 0.5) is 0 Å². The molecule has 0 unspecified atom stereocenters. The summed E-state index contributed by atoms with van der Waals surface area (Å²) in [5, 5.41) is 0. The Bertz CT molecular complexity index is 1020. The van der Waals surface area contributed by atoms with Gasteiger partial charge in [0.15, 0.2) is 11.6 Å². The van der Waals surface area contributed by atoms with E-state index in [0.717, 1.165) is 0 Å². The summed E-state index contributed by atoms with van der Waals surface area (Å²) in [4.78, 5) is 47.4. The standard InChI is InChI=1S/C25H24O8/c1-16(26)20(24(28)30-3)13-18-9-5-7-11-22(18)32-15-33-23-12-8-6-10-19(23)14-21(17(2)27)25(29)31-4/h5-14H,15H2,1-4H3/b20-13-,21-14-. The molecule has 0 heterocycles. The van der Waals surface area contributed by atoms with Crippen LogP contribution in [0.2, 0.25) is 0 Å². The van der Waals surface area contributed by atoms with Crippen molar-refractivity contribution in [1.29, 1.82) is 0 Å². The lowest BCUT2D eigenvalue weighted by atomic mass is 10.1. The van der Waals surface area contributed by atoms with Crippen molar-refractivity contribution in [3.05, 3.63) is 70.8 Å². The van der Waals surface area contributed by atoms with Gasteiger partial charge in [-0.15, -0.1) is 0 Å². The van der Waals surface area contributed by atoms with Gasteiger partial charge in [-0.3, -0.25) is 9.59 Å². The minimum atomic E-state index is -0.749. The smallest absolute Gasteiger partial charge is 0.341 e. The summed E-state index contributed by atoms with van der Waals surface area (Å²) in [5.41, 5.74) is 0.720. The number of ether oxygens (including phenoxy) is 4. The number of esters is 2. The molecule has 0 amide bonds. The molecule has 0 aliphatic heterocycles. The first-order valence-electron chi connectivity index (χ1n) is 9.84. The average molecular weight is 452 g/mol. The van der Waals surface area contributed by atoms with Crippen LogP contribution in [0.25, 0.3) is 12.2 Å². The molecular weight excluding hydrogens is 428 g/mol. The van der Waals surface area contributed by atoms with Crippen LogP contribution in [0.15, 0.2) is 59.7 Å². The molecule has 0 spiro atoms. The van der Waals surface area contributed by atoms with Crippen molar-refractivity contribution in [1.82, 2.24) is 0 Å². The third-order valence-corrected chi connectivity index (χ3v) is 4.44. The topological polar surface area (TPSA) is 105 Å². The minimum Gasteiger partial charge on any atom is -0.465 e. The molecular formula is C25H24O8. The van der Waals surface area contributed by atoms with Gasteiger partial charge in [0.05, 0.1) is 14.2 Å². The maximum absolute atomic E-state index is 11.9. The van der Waals surface area contributed by atoms with Crippen LogP contribution < -0.4 is 9.47 Å². The Balaban J connectivity index is 2.25. The molecule has 2 aromatic rings. The lowest BCUT2D eigenvalue weighted by Gasteiger charge is -2.13. The Morgan fingerprint density at radius 1 is 0.667 bits per heavy atom. The molecule has 0 aromatic heterocycles. The average Bonchev–Trinajstić information content (AvgIpc) is 2.81. The highest BCUT2D eigenvalue weighted by atomic mass is 16.7. The van der Waals surface area contributed by atoms with Crippen LogP contribution in [0.1, 0.15) is 25.0 Å². The van der Waals surface area contributed by atoms with E-state index in [-0.39, 0.29) is 17.9 Å². The van der Waals surface area contributed by atoms with Crippen molar-refractivity contribution in [2.24, 2.45) is 0 Å². The second-order valence-corrected chi connectivity index (χ2v) is 6.69. The van der Waals surface area contributed by atoms with Gasteiger partial charge in [0.2, 0.25) is 6.79 Å². The van der Waals surface area contributed by atoms with Gasteiger partial charge in [-0.05, 0) is 38.1 Å². The SMILES string of the molecule is COC(=O)/C(=C\c1ccccc1OCOc1ccccc1/C=C(/C(C)=O)C(=O)OC)C(C)=O. The van der Waals surface area contributed by atoms with E-state index in [1.54, 1.807) is 48.5 Å². The predicted octanol–water partition coefficient (Wildman–Crippen LogP) is 3.39. The third kappa shape index (κ3) is 6.90. The Kier molecular flexibility index (Phi) is 9.11. The molecule has 0 atom stereocenters. The summed E-state index contributed by atoms with van der Waals surface area (Å²) >= 11 is 0. The van der Waals surface area contributed by atoms with Crippen LogP contribution >= 0.6 is 0 Å². The molecule has 0 saturated carbocycles. The first-order chi connectivity index (χ1) is 15.8. The predicted molar refractivity (Wildman–Crippen MR) is 120 cm³/mol. The summed E-state index contributed by atoms with van der Waals surface area (Å²) in [6.07, 6.45) is 2.77. The fourth-order valence-electron chi connectivity index (χ4n) is 2.76. The highest BCUT2D eigenvalue weighted by Gasteiger charge is 2.17. The number of hydrogen-bond donors (Lipinski definition) is 0. The van der Waals surface area contributed by atoms with Crippen LogP contribution in [0, 0.1) is 0 Å². The number of rotatable bonds is 10. The number of carbonyl (C=O) groups excluding carboxylic acids is 4. The maximum atomic E-state index is 11.9.